The van der Waals surface area contributed by atoms with Crippen molar-refractivity contribution in [3.63, 3.8) is 0 Å². The van der Waals surface area contributed by atoms with Gasteiger partial charge >= 0.3 is 12.1 Å². The molecule has 6 nitrogen and oxygen atoms in total. The van der Waals surface area contributed by atoms with Crippen molar-refractivity contribution in [2.24, 2.45) is 0 Å². The van der Waals surface area contributed by atoms with Gasteiger partial charge in [-0.15, -0.1) is 0 Å². The van der Waals surface area contributed by atoms with Crippen molar-refractivity contribution in [1.29, 1.82) is 0 Å². The zero-order valence-electron chi connectivity index (χ0n) is 7.15. The average molecular weight is 192 g/mol. The third kappa shape index (κ3) is 1.63. The monoisotopic (exact) mass is 192 g/mol. The van der Waals surface area contributed by atoms with E-state index in [1.807, 2.05) is 0 Å². The van der Waals surface area contributed by atoms with Crippen LogP contribution in [0.4, 0.5) is 9.59 Å². The number of rotatable bonds is 1. The van der Waals surface area contributed by atoms with Crippen LogP contribution in [-0.4, -0.2) is 17.0 Å². The Morgan fingerprint density at radius 1 is 1.07 bits per heavy atom. The Balaban J connectivity index is 2.19. The molecule has 72 valence electrons. The first-order chi connectivity index (χ1) is 6.75. The van der Waals surface area contributed by atoms with Gasteiger partial charge in [0.05, 0.1) is 0 Å². The highest BCUT2D eigenvalue weighted by Crippen LogP contribution is 2.09. The molecule has 2 heterocycles. The molecule has 1 aromatic heterocycles. The molecule has 0 bridgehead atoms. The smallest absolute Gasteiger partial charge is 0.313 e. The van der Waals surface area contributed by atoms with Gasteiger partial charge in [-0.3, -0.25) is 10.3 Å². The van der Waals surface area contributed by atoms with Crippen LogP contribution < -0.4 is 16.0 Å². The first kappa shape index (κ1) is 8.49. The van der Waals surface area contributed by atoms with Gasteiger partial charge in [-0.1, -0.05) is 0 Å². The van der Waals surface area contributed by atoms with E-state index in [4.69, 9.17) is 0 Å². The van der Waals surface area contributed by atoms with Gasteiger partial charge in [-0.05, 0) is 17.7 Å². The fourth-order valence-corrected chi connectivity index (χ4v) is 1.20. The summed E-state index contributed by atoms with van der Waals surface area (Å²) in [5.41, 5.74) is 0.781. The summed E-state index contributed by atoms with van der Waals surface area (Å²) < 4.78 is 0. The Morgan fingerprint density at radius 3 is 2.21 bits per heavy atom. The molecule has 2 rings (SSSR count). The summed E-state index contributed by atoms with van der Waals surface area (Å²) in [5, 5.41) is 7.17. The molecule has 14 heavy (non-hydrogen) atoms. The first-order valence-corrected chi connectivity index (χ1v) is 4.03. The minimum absolute atomic E-state index is 0.487. The maximum Gasteiger partial charge on any atom is 0.324 e. The van der Waals surface area contributed by atoms with Crippen LogP contribution in [0.3, 0.4) is 0 Å². The second-order valence-electron chi connectivity index (χ2n) is 2.79. The minimum Gasteiger partial charge on any atom is -0.313 e. The lowest BCUT2D eigenvalue weighted by Crippen LogP contribution is -2.56. The van der Waals surface area contributed by atoms with Crippen molar-refractivity contribution in [3.05, 3.63) is 30.1 Å². The van der Waals surface area contributed by atoms with Gasteiger partial charge in [-0.25, -0.2) is 9.59 Å². The zero-order chi connectivity index (χ0) is 9.97. The van der Waals surface area contributed by atoms with Gasteiger partial charge in [0.2, 0.25) is 0 Å². The molecule has 1 aromatic rings. The zero-order valence-corrected chi connectivity index (χ0v) is 7.15. The van der Waals surface area contributed by atoms with Crippen molar-refractivity contribution in [1.82, 2.24) is 20.9 Å². The molecular formula is C8H8N4O2. The highest BCUT2D eigenvalue weighted by Gasteiger charge is 2.23. The van der Waals surface area contributed by atoms with E-state index in [0.717, 1.165) is 5.56 Å². The second kappa shape index (κ2) is 3.33. The number of aromatic nitrogens is 1. The Hall–Kier alpha value is -2.11. The largest absolute Gasteiger partial charge is 0.324 e. The molecule has 6 heteroatoms. The SMILES string of the molecule is O=C1NC(=O)NC(c2ccncc2)N1. The van der Waals surface area contributed by atoms with Crippen LogP contribution in [0.2, 0.25) is 0 Å². The predicted molar refractivity (Wildman–Crippen MR) is 47.2 cm³/mol. The second-order valence-corrected chi connectivity index (χ2v) is 2.79. The Bertz CT molecular complexity index is 349. The number of imide groups is 1. The topological polar surface area (TPSA) is 83.1 Å². The number of nitrogens with one attached hydrogen (secondary N) is 3. The molecule has 1 saturated heterocycles. The lowest BCUT2D eigenvalue weighted by molar-refractivity contribution is 0.209. The molecule has 0 atom stereocenters. The van der Waals surface area contributed by atoms with E-state index >= 15 is 0 Å². The molecule has 0 saturated carbocycles. The van der Waals surface area contributed by atoms with Crippen LogP contribution >= 0.6 is 0 Å². The number of carbonyl (C=O) groups excluding carboxylic acids is 2. The molecule has 0 radical (unpaired) electrons. The van der Waals surface area contributed by atoms with E-state index < -0.39 is 18.2 Å². The number of hydrogen-bond acceptors (Lipinski definition) is 3. The van der Waals surface area contributed by atoms with Crippen molar-refractivity contribution < 1.29 is 9.59 Å². The summed E-state index contributed by atoms with van der Waals surface area (Å²) in [6, 6.07) is 2.43. The van der Waals surface area contributed by atoms with E-state index in [2.05, 4.69) is 20.9 Å². The van der Waals surface area contributed by atoms with Crippen molar-refractivity contribution >= 4 is 12.1 Å². The molecule has 0 aromatic carbocycles. The van der Waals surface area contributed by atoms with Gasteiger partial charge in [-0.2, -0.15) is 0 Å². The van der Waals surface area contributed by atoms with Crippen LogP contribution in [0.5, 0.6) is 0 Å². The van der Waals surface area contributed by atoms with Gasteiger partial charge in [0.25, 0.3) is 0 Å². The van der Waals surface area contributed by atoms with E-state index in [1.54, 1.807) is 24.5 Å². The third-order valence-electron chi connectivity index (χ3n) is 1.82. The Morgan fingerprint density at radius 2 is 1.64 bits per heavy atom. The van der Waals surface area contributed by atoms with Gasteiger partial charge in [0.1, 0.15) is 6.17 Å². The molecule has 0 spiro atoms. The van der Waals surface area contributed by atoms with Crippen molar-refractivity contribution in [2.45, 2.75) is 6.17 Å². The number of urea groups is 2. The van der Waals surface area contributed by atoms with E-state index in [-0.39, 0.29) is 0 Å². The third-order valence-corrected chi connectivity index (χ3v) is 1.82. The lowest BCUT2D eigenvalue weighted by atomic mass is 10.2. The molecule has 1 fully saturated rings. The van der Waals surface area contributed by atoms with Gasteiger partial charge in [0, 0.05) is 12.4 Å². The number of hydrogen-bond donors (Lipinski definition) is 3. The summed E-state index contributed by atoms with van der Waals surface area (Å²) >= 11 is 0. The Labute approximate surface area is 79.7 Å². The maximum atomic E-state index is 11.0. The van der Waals surface area contributed by atoms with Crippen LogP contribution in [0.15, 0.2) is 24.5 Å². The summed E-state index contributed by atoms with van der Waals surface area (Å²) in [7, 11) is 0. The normalized spacial score (nSPS) is 16.9. The highest BCUT2D eigenvalue weighted by atomic mass is 16.2. The summed E-state index contributed by atoms with van der Waals surface area (Å²) in [6.07, 6.45) is 2.70. The van der Waals surface area contributed by atoms with Crippen molar-refractivity contribution in [2.75, 3.05) is 0 Å². The average Bonchev–Trinajstić information content (AvgIpc) is 2.18. The maximum absolute atomic E-state index is 11.0. The fraction of sp³-hybridized carbons (Fsp3) is 0.125. The molecule has 1 aliphatic rings. The van der Waals surface area contributed by atoms with Crippen LogP contribution in [0.25, 0.3) is 0 Å². The number of nitrogens with zero attached hydrogens (tertiary/aromatic N) is 1. The van der Waals surface area contributed by atoms with E-state index in [9.17, 15) is 9.59 Å². The molecule has 3 N–H and O–H groups in total. The molecular weight excluding hydrogens is 184 g/mol. The summed E-state index contributed by atoms with van der Waals surface area (Å²) in [4.78, 5) is 25.8. The molecule has 0 aliphatic carbocycles. The van der Waals surface area contributed by atoms with Crippen LogP contribution in [-0.2, 0) is 0 Å². The standard InChI is InChI=1S/C8H8N4O2/c13-7-10-6(11-8(14)12-7)5-1-3-9-4-2-5/h1-4,6H,(H3,10,11,12,13,14). The fourth-order valence-electron chi connectivity index (χ4n) is 1.20. The molecule has 1 aliphatic heterocycles. The number of carbonyl (C=O) groups is 2. The van der Waals surface area contributed by atoms with Crippen LogP contribution in [0.1, 0.15) is 11.7 Å². The Kier molecular flexibility index (Phi) is 2.02. The van der Waals surface area contributed by atoms with Gasteiger partial charge < -0.3 is 10.6 Å². The van der Waals surface area contributed by atoms with E-state index in [0.29, 0.717) is 0 Å². The predicted octanol–water partition coefficient (Wildman–Crippen LogP) is 0.103. The summed E-state index contributed by atoms with van der Waals surface area (Å²) in [5.74, 6) is 0. The van der Waals surface area contributed by atoms with Crippen LogP contribution in [0, 0.1) is 0 Å². The summed E-state index contributed by atoms with van der Waals surface area (Å²) in [6.45, 7) is 0. The number of pyridine rings is 1. The van der Waals surface area contributed by atoms with Crippen molar-refractivity contribution in [3.8, 4) is 0 Å². The van der Waals surface area contributed by atoms with E-state index in [1.165, 1.54) is 0 Å². The molecule has 0 unspecified atom stereocenters. The minimum atomic E-state index is -0.504. The highest BCUT2D eigenvalue weighted by molar-refractivity contribution is 5.95. The quantitative estimate of drug-likeness (QED) is 0.590. The molecule has 4 amide bonds. The number of amides is 4. The van der Waals surface area contributed by atoms with Gasteiger partial charge in [0.15, 0.2) is 0 Å². The first-order valence-electron chi connectivity index (χ1n) is 4.03. The lowest BCUT2D eigenvalue weighted by Gasteiger charge is -2.24.